The van der Waals surface area contributed by atoms with E-state index in [1.54, 1.807) is 37.5 Å². The molecule has 4 nitrogen and oxygen atoms in total. The van der Waals surface area contributed by atoms with Gasteiger partial charge in [0.25, 0.3) is 0 Å². The number of carboxylic acids is 1. The number of methoxy groups -OCH3 is 1. The highest BCUT2D eigenvalue weighted by Gasteiger charge is 2.10. The van der Waals surface area contributed by atoms with Gasteiger partial charge >= 0.3 is 5.97 Å². The Hall–Kier alpha value is -2.24. The molecule has 0 spiro atoms. The summed E-state index contributed by atoms with van der Waals surface area (Å²) < 4.78 is 5.28. The molecule has 0 unspecified atom stereocenters. The van der Waals surface area contributed by atoms with E-state index in [0.29, 0.717) is 22.1 Å². The molecule has 0 atom stereocenters. The van der Waals surface area contributed by atoms with Gasteiger partial charge in [-0.2, -0.15) is 0 Å². The number of carbonyl (C=O) groups is 2. The number of carboxylic acid groups (broad SMARTS) is 1. The van der Waals surface area contributed by atoms with Gasteiger partial charge in [-0.25, -0.2) is 0 Å². The van der Waals surface area contributed by atoms with Crippen LogP contribution >= 0.6 is 23.4 Å². The zero-order valence-corrected chi connectivity index (χ0v) is 15.1. The van der Waals surface area contributed by atoms with Gasteiger partial charge in [0.1, 0.15) is 5.75 Å². The molecule has 0 saturated carbocycles. The van der Waals surface area contributed by atoms with Crippen LogP contribution in [0.15, 0.2) is 48.5 Å². The third kappa shape index (κ3) is 5.66. The smallest absolute Gasteiger partial charge is 0.313 e. The largest absolute Gasteiger partial charge is 0.496 e. The molecule has 0 radical (unpaired) electrons. The Kier molecular flexibility index (Phi) is 7.10. The molecule has 1 N–H and O–H groups in total. The number of aliphatic carboxylic acids is 1. The fourth-order valence-corrected chi connectivity index (χ4v) is 3.09. The molecule has 0 bridgehead atoms. The molecular formula is C19H17ClO4S. The summed E-state index contributed by atoms with van der Waals surface area (Å²) in [6, 6.07) is 12.4. The monoisotopic (exact) mass is 376 g/mol. The summed E-state index contributed by atoms with van der Waals surface area (Å²) in [7, 11) is 1.54. The number of thioether (sulfide) groups is 1. The van der Waals surface area contributed by atoms with Crippen LogP contribution < -0.4 is 4.74 Å². The SMILES string of the molecule is COc1ccc(C(=O)C=Cc2ccccc2Cl)cc1CSCC(=O)O. The summed E-state index contributed by atoms with van der Waals surface area (Å²) in [6.07, 6.45) is 3.14. The number of carbonyl (C=O) groups excluding carboxylic acids is 1. The van der Waals surface area contributed by atoms with Crippen molar-refractivity contribution in [3.8, 4) is 5.75 Å². The number of halogens is 1. The molecule has 0 amide bonds. The number of allylic oxidation sites excluding steroid dienone is 1. The fourth-order valence-electron chi connectivity index (χ4n) is 2.16. The Balaban J connectivity index is 2.16. The first-order valence-electron chi connectivity index (χ1n) is 7.44. The van der Waals surface area contributed by atoms with Crippen LogP contribution in [-0.4, -0.2) is 29.7 Å². The lowest BCUT2D eigenvalue weighted by atomic mass is 10.1. The summed E-state index contributed by atoms with van der Waals surface area (Å²) in [4.78, 5) is 23.0. The van der Waals surface area contributed by atoms with Gasteiger partial charge in [-0.15, -0.1) is 11.8 Å². The maximum Gasteiger partial charge on any atom is 0.313 e. The molecule has 2 rings (SSSR count). The Morgan fingerprint density at radius 2 is 2.00 bits per heavy atom. The lowest BCUT2D eigenvalue weighted by Crippen LogP contribution is -2.01. The van der Waals surface area contributed by atoms with Gasteiger partial charge < -0.3 is 9.84 Å². The maximum absolute atomic E-state index is 12.4. The molecule has 0 aromatic heterocycles. The van der Waals surface area contributed by atoms with Crippen molar-refractivity contribution in [1.82, 2.24) is 0 Å². The van der Waals surface area contributed by atoms with E-state index in [1.807, 2.05) is 18.2 Å². The Labute approximate surface area is 155 Å². The number of benzene rings is 2. The van der Waals surface area contributed by atoms with Crippen LogP contribution in [0.3, 0.4) is 0 Å². The first-order chi connectivity index (χ1) is 12.0. The molecule has 0 aliphatic carbocycles. The molecule has 0 fully saturated rings. The number of hydrogen-bond donors (Lipinski definition) is 1. The highest BCUT2D eigenvalue weighted by molar-refractivity contribution is 7.99. The Morgan fingerprint density at radius 1 is 1.24 bits per heavy atom. The van der Waals surface area contributed by atoms with Gasteiger partial charge in [-0.05, 0) is 42.0 Å². The minimum absolute atomic E-state index is 0.00621. The Bertz CT molecular complexity index is 802. The van der Waals surface area contributed by atoms with Crippen molar-refractivity contribution in [3.63, 3.8) is 0 Å². The van der Waals surface area contributed by atoms with E-state index < -0.39 is 5.97 Å². The normalized spacial score (nSPS) is 10.8. The molecule has 2 aromatic rings. The molecule has 0 heterocycles. The predicted molar refractivity (Wildman–Crippen MR) is 102 cm³/mol. The molecule has 0 aliphatic rings. The van der Waals surface area contributed by atoms with Crippen molar-refractivity contribution in [3.05, 3.63) is 70.3 Å². The third-order valence-corrected chi connectivity index (χ3v) is 4.68. The number of rotatable bonds is 8. The molecule has 0 saturated heterocycles. The first kappa shape index (κ1) is 19.1. The second-order valence-electron chi connectivity index (χ2n) is 5.13. The van der Waals surface area contributed by atoms with Crippen molar-refractivity contribution >= 4 is 41.2 Å². The molecular weight excluding hydrogens is 360 g/mol. The summed E-state index contributed by atoms with van der Waals surface area (Å²) in [5, 5.41) is 9.31. The summed E-state index contributed by atoms with van der Waals surface area (Å²) in [5.41, 5.74) is 2.06. The molecule has 6 heteroatoms. The van der Waals surface area contributed by atoms with Gasteiger partial charge in [0.15, 0.2) is 5.78 Å². The average Bonchev–Trinajstić information content (AvgIpc) is 2.60. The van der Waals surface area contributed by atoms with Gasteiger partial charge in [0.2, 0.25) is 0 Å². The summed E-state index contributed by atoms with van der Waals surface area (Å²) in [5.74, 6) is 0.0360. The van der Waals surface area contributed by atoms with E-state index in [-0.39, 0.29) is 11.5 Å². The zero-order chi connectivity index (χ0) is 18.2. The van der Waals surface area contributed by atoms with Crippen LogP contribution in [0.4, 0.5) is 0 Å². The van der Waals surface area contributed by atoms with E-state index in [0.717, 1.165) is 11.1 Å². The Morgan fingerprint density at radius 3 is 2.68 bits per heavy atom. The predicted octanol–water partition coefficient (Wildman–Crippen LogP) is 4.56. The van der Waals surface area contributed by atoms with Crippen LogP contribution in [0.5, 0.6) is 5.75 Å². The minimum Gasteiger partial charge on any atom is -0.496 e. The number of ketones is 1. The van der Waals surface area contributed by atoms with Crippen LogP contribution in [-0.2, 0) is 10.5 Å². The molecule has 0 aliphatic heterocycles. The van der Waals surface area contributed by atoms with Crippen LogP contribution in [0, 0.1) is 0 Å². The van der Waals surface area contributed by atoms with E-state index in [4.69, 9.17) is 21.4 Å². The second-order valence-corrected chi connectivity index (χ2v) is 6.53. The van der Waals surface area contributed by atoms with Gasteiger partial charge in [-0.3, -0.25) is 9.59 Å². The lowest BCUT2D eigenvalue weighted by molar-refractivity contribution is -0.133. The molecule has 2 aromatic carbocycles. The summed E-state index contributed by atoms with van der Waals surface area (Å²) >= 11 is 7.32. The first-order valence-corrected chi connectivity index (χ1v) is 8.98. The topological polar surface area (TPSA) is 63.6 Å². The zero-order valence-electron chi connectivity index (χ0n) is 13.6. The third-order valence-electron chi connectivity index (χ3n) is 3.37. The number of hydrogen-bond acceptors (Lipinski definition) is 4. The second kappa shape index (κ2) is 9.30. The van der Waals surface area contributed by atoms with Crippen LogP contribution in [0.25, 0.3) is 6.08 Å². The van der Waals surface area contributed by atoms with Crippen molar-refractivity contribution < 1.29 is 19.4 Å². The lowest BCUT2D eigenvalue weighted by Gasteiger charge is -2.09. The highest BCUT2D eigenvalue weighted by Crippen LogP contribution is 2.25. The average molecular weight is 377 g/mol. The van der Waals surface area contributed by atoms with Crippen molar-refractivity contribution in [2.45, 2.75) is 5.75 Å². The van der Waals surface area contributed by atoms with Gasteiger partial charge in [-0.1, -0.05) is 29.8 Å². The highest BCUT2D eigenvalue weighted by atomic mass is 35.5. The van der Waals surface area contributed by atoms with E-state index >= 15 is 0 Å². The maximum atomic E-state index is 12.4. The minimum atomic E-state index is -0.876. The van der Waals surface area contributed by atoms with E-state index in [1.165, 1.54) is 17.8 Å². The van der Waals surface area contributed by atoms with Crippen molar-refractivity contribution in [1.29, 1.82) is 0 Å². The van der Waals surface area contributed by atoms with Crippen molar-refractivity contribution in [2.24, 2.45) is 0 Å². The van der Waals surface area contributed by atoms with E-state index in [2.05, 4.69) is 0 Å². The van der Waals surface area contributed by atoms with Crippen LogP contribution in [0.1, 0.15) is 21.5 Å². The molecule has 25 heavy (non-hydrogen) atoms. The number of ether oxygens (including phenoxy) is 1. The van der Waals surface area contributed by atoms with E-state index in [9.17, 15) is 9.59 Å². The standard InChI is InChI=1S/C19H17ClO4S/c1-24-18-9-7-14(10-15(18)11-25-12-19(22)23)17(21)8-6-13-4-2-3-5-16(13)20/h2-10H,11-12H2,1H3,(H,22,23). The van der Waals surface area contributed by atoms with Crippen molar-refractivity contribution in [2.75, 3.05) is 12.9 Å². The quantitative estimate of drug-likeness (QED) is 0.540. The van der Waals surface area contributed by atoms with Crippen LogP contribution in [0.2, 0.25) is 5.02 Å². The molecule has 130 valence electrons. The summed E-state index contributed by atoms with van der Waals surface area (Å²) in [6.45, 7) is 0. The van der Waals surface area contributed by atoms with Gasteiger partial charge in [0.05, 0.1) is 12.9 Å². The van der Waals surface area contributed by atoms with Gasteiger partial charge in [0, 0.05) is 21.9 Å². The fraction of sp³-hybridized carbons (Fsp3) is 0.158.